The molecule has 34 heavy (non-hydrogen) atoms. The van der Waals surface area contributed by atoms with Gasteiger partial charge in [0.15, 0.2) is 0 Å². The van der Waals surface area contributed by atoms with Crippen molar-refractivity contribution in [2.45, 2.75) is 22.9 Å². The topological polar surface area (TPSA) is 86.3 Å². The number of benzene rings is 2. The van der Waals surface area contributed by atoms with Crippen molar-refractivity contribution in [3.8, 4) is 6.07 Å². The van der Waals surface area contributed by atoms with Crippen LogP contribution in [0, 0.1) is 11.3 Å². The normalized spacial score (nSPS) is 16.0. The fourth-order valence-electron chi connectivity index (χ4n) is 3.44. The van der Waals surface area contributed by atoms with Crippen LogP contribution in [0.1, 0.15) is 23.6 Å². The third kappa shape index (κ3) is 5.70. The number of halogens is 4. The molecule has 7 nitrogen and oxygen atoms in total. The van der Waals surface area contributed by atoms with E-state index in [0.717, 1.165) is 0 Å². The Hall–Kier alpha value is -3.49. The molecular weight excluding hydrogens is 489 g/mol. The minimum absolute atomic E-state index is 0.0156. The number of alkyl halides is 3. The van der Waals surface area contributed by atoms with Crippen LogP contribution in [-0.2, 0) is 0 Å². The summed E-state index contributed by atoms with van der Waals surface area (Å²) in [7, 11) is 0. The number of thioether (sulfide) groups is 1. The van der Waals surface area contributed by atoms with Crippen LogP contribution >= 0.6 is 23.4 Å². The summed E-state index contributed by atoms with van der Waals surface area (Å²) in [6.07, 6.45) is 3.64. The molecule has 1 aliphatic heterocycles. The zero-order valence-electron chi connectivity index (χ0n) is 17.3. The van der Waals surface area contributed by atoms with Crippen molar-refractivity contribution in [3.63, 3.8) is 0 Å². The standard InChI is InChI=1S/C22H16ClF3N6OS/c23-16-12-28-32(13-16)19-8-9-31(30-20(19)15-3-1-2-14(10-15)11-27)21(33)29-17-4-6-18(7-5-17)34-22(24,25)26/h1-7,10,12-13,19H,8-9H2,(H,29,33). The molecule has 3 aromatic rings. The predicted octanol–water partition coefficient (Wildman–Crippen LogP) is 5.90. The number of hydrazone groups is 1. The molecular formula is C22H16ClF3N6OS. The van der Waals surface area contributed by atoms with Crippen LogP contribution in [0.25, 0.3) is 0 Å². The van der Waals surface area contributed by atoms with Crippen LogP contribution in [0.5, 0.6) is 0 Å². The Morgan fingerprint density at radius 2 is 2.00 bits per heavy atom. The third-order valence-electron chi connectivity index (χ3n) is 4.91. The summed E-state index contributed by atoms with van der Waals surface area (Å²) in [5.41, 5.74) is -2.43. The molecule has 0 fully saturated rings. The van der Waals surface area contributed by atoms with Gasteiger partial charge in [0.1, 0.15) is 0 Å². The molecule has 4 rings (SSSR count). The fraction of sp³-hybridized carbons (Fsp3) is 0.182. The van der Waals surface area contributed by atoms with Gasteiger partial charge in [-0.15, -0.1) is 0 Å². The summed E-state index contributed by atoms with van der Waals surface area (Å²) in [6, 6.07) is 13.4. The molecule has 2 heterocycles. The second-order valence-corrected chi connectivity index (χ2v) is 8.82. The van der Waals surface area contributed by atoms with Gasteiger partial charge < -0.3 is 5.32 Å². The number of urea groups is 1. The first kappa shape index (κ1) is 23.7. The van der Waals surface area contributed by atoms with Crippen LogP contribution in [0.15, 0.2) is 70.9 Å². The van der Waals surface area contributed by atoms with E-state index >= 15 is 0 Å². The number of aromatic nitrogens is 2. The smallest absolute Gasteiger partial charge is 0.306 e. The average Bonchev–Trinajstić information content (AvgIpc) is 3.25. The van der Waals surface area contributed by atoms with E-state index in [-0.39, 0.29) is 29.2 Å². The molecule has 2 aromatic carbocycles. The van der Waals surface area contributed by atoms with Crippen LogP contribution in [0.3, 0.4) is 0 Å². The van der Waals surface area contributed by atoms with Crippen LogP contribution < -0.4 is 5.32 Å². The molecule has 174 valence electrons. The van der Waals surface area contributed by atoms with E-state index in [2.05, 4.69) is 21.6 Å². The molecule has 1 atom stereocenters. The van der Waals surface area contributed by atoms with Crippen LogP contribution in [-0.4, -0.2) is 38.6 Å². The van der Waals surface area contributed by atoms with E-state index in [0.29, 0.717) is 34.0 Å². The Labute approximate surface area is 201 Å². The molecule has 12 heteroatoms. The summed E-state index contributed by atoms with van der Waals surface area (Å²) in [6.45, 7) is 0.261. The molecule has 1 aliphatic rings. The van der Waals surface area contributed by atoms with Crippen molar-refractivity contribution in [1.29, 1.82) is 5.26 Å². The van der Waals surface area contributed by atoms with Gasteiger partial charge >= 0.3 is 11.5 Å². The second kappa shape index (κ2) is 9.79. The maximum Gasteiger partial charge on any atom is 0.446 e. The highest BCUT2D eigenvalue weighted by Gasteiger charge is 2.30. The first-order chi connectivity index (χ1) is 16.2. The maximum absolute atomic E-state index is 12.9. The monoisotopic (exact) mass is 504 g/mol. The van der Waals surface area contributed by atoms with E-state index in [1.165, 1.54) is 35.5 Å². The number of carbonyl (C=O) groups excluding carboxylic acids is 1. The average molecular weight is 505 g/mol. The molecule has 0 aliphatic carbocycles. The molecule has 1 unspecified atom stereocenters. The zero-order valence-corrected chi connectivity index (χ0v) is 18.9. The quantitative estimate of drug-likeness (QED) is 0.448. The Bertz CT molecular complexity index is 1270. The van der Waals surface area contributed by atoms with Gasteiger partial charge in [0.25, 0.3) is 0 Å². The van der Waals surface area contributed by atoms with Gasteiger partial charge in [0.05, 0.1) is 34.6 Å². The lowest BCUT2D eigenvalue weighted by Crippen LogP contribution is -2.39. The molecule has 0 saturated heterocycles. The van der Waals surface area contributed by atoms with Crippen molar-refractivity contribution >= 4 is 40.8 Å². The Balaban J connectivity index is 1.58. The van der Waals surface area contributed by atoms with E-state index in [1.807, 2.05) is 0 Å². The summed E-state index contributed by atoms with van der Waals surface area (Å²) >= 11 is 5.80. The van der Waals surface area contributed by atoms with Crippen molar-refractivity contribution in [3.05, 3.63) is 77.1 Å². The van der Waals surface area contributed by atoms with E-state index < -0.39 is 11.5 Å². The van der Waals surface area contributed by atoms with E-state index in [9.17, 15) is 23.2 Å². The van der Waals surface area contributed by atoms with E-state index in [1.54, 1.807) is 35.1 Å². The van der Waals surface area contributed by atoms with Gasteiger partial charge in [-0.3, -0.25) is 4.68 Å². The first-order valence-corrected chi connectivity index (χ1v) is 11.1. The fourth-order valence-corrected chi connectivity index (χ4v) is 4.13. The SMILES string of the molecule is N#Cc1cccc(C2=NN(C(=O)Nc3ccc(SC(F)(F)F)cc3)CCC2n2cc(Cl)cn2)c1. The lowest BCUT2D eigenvalue weighted by Gasteiger charge is -2.30. The molecule has 0 radical (unpaired) electrons. The predicted molar refractivity (Wildman–Crippen MR) is 123 cm³/mol. The summed E-state index contributed by atoms with van der Waals surface area (Å²) in [5, 5.41) is 22.4. The largest absolute Gasteiger partial charge is 0.446 e. The number of nitrogens with zero attached hydrogens (tertiary/aromatic N) is 5. The third-order valence-corrected chi connectivity index (χ3v) is 5.84. The van der Waals surface area contributed by atoms with Gasteiger partial charge in [-0.2, -0.15) is 28.6 Å². The second-order valence-electron chi connectivity index (χ2n) is 7.25. The molecule has 0 bridgehead atoms. The van der Waals surface area contributed by atoms with Gasteiger partial charge in [0.2, 0.25) is 0 Å². The molecule has 0 saturated carbocycles. The number of anilines is 1. The van der Waals surface area contributed by atoms with Crippen LogP contribution in [0.4, 0.5) is 23.7 Å². The maximum atomic E-state index is 12.9. The highest BCUT2D eigenvalue weighted by Crippen LogP contribution is 2.37. The number of nitrogens with one attached hydrogen (secondary N) is 1. The number of amides is 2. The lowest BCUT2D eigenvalue weighted by molar-refractivity contribution is -0.0328. The zero-order chi connectivity index (χ0) is 24.3. The molecule has 1 aromatic heterocycles. The van der Waals surface area contributed by atoms with Gasteiger partial charge in [-0.25, -0.2) is 9.80 Å². The highest BCUT2D eigenvalue weighted by molar-refractivity contribution is 8.00. The number of rotatable bonds is 4. The lowest BCUT2D eigenvalue weighted by atomic mass is 9.98. The van der Waals surface area contributed by atoms with Crippen LogP contribution in [0.2, 0.25) is 5.02 Å². The summed E-state index contributed by atoms with van der Waals surface area (Å²) in [4.78, 5) is 12.9. The number of carbonyl (C=O) groups is 1. The van der Waals surface area contributed by atoms with Crippen molar-refractivity contribution in [2.24, 2.45) is 5.10 Å². The van der Waals surface area contributed by atoms with Gasteiger partial charge in [0, 0.05) is 28.9 Å². The highest BCUT2D eigenvalue weighted by atomic mass is 35.5. The van der Waals surface area contributed by atoms with Gasteiger partial charge in [-0.05, 0) is 54.6 Å². The summed E-state index contributed by atoms with van der Waals surface area (Å²) in [5.74, 6) is 0. The minimum atomic E-state index is -4.39. The number of hydrogen-bond donors (Lipinski definition) is 1. The molecule has 1 N–H and O–H groups in total. The molecule has 0 spiro atoms. The van der Waals surface area contributed by atoms with Crippen molar-refractivity contribution in [1.82, 2.24) is 14.8 Å². The van der Waals surface area contributed by atoms with Crippen molar-refractivity contribution in [2.75, 3.05) is 11.9 Å². The number of nitriles is 1. The van der Waals surface area contributed by atoms with Gasteiger partial charge in [-0.1, -0.05) is 23.7 Å². The Kier molecular flexibility index (Phi) is 6.81. The van der Waals surface area contributed by atoms with E-state index in [4.69, 9.17) is 11.6 Å². The first-order valence-electron chi connectivity index (χ1n) is 9.95. The number of hydrogen-bond acceptors (Lipinski definition) is 5. The summed E-state index contributed by atoms with van der Waals surface area (Å²) < 4.78 is 39.2. The molecule has 2 amide bonds. The minimum Gasteiger partial charge on any atom is -0.306 e. The van der Waals surface area contributed by atoms with Crippen molar-refractivity contribution < 1.29 is 18.0 Å². The Morgan fingerprint density at radius 3 is 2.65 bits per heavy atom. The Morgan fingerprint density at radius 1 is 1.24 bits per heavy atom.